The summed E-state index contributed by atoms with van der Waals surface area (Å²) in [5.74, 6) is 0. The Morgan fingerprint density at radius 3 is 1.27 bits per heavy atom. The highest BCUT2D eigenvalue weighted by molar-refractivity contribution is 7.33. The maximum absolute atomic E-state index is 9.31. The zero-order valence-electron chi connectivity index (χ0n) is 58.8. The van der Waals surface area contributed by atoms with E-state index in [1.165, 1.54) is 48.5 Å². The third-order valence-electron chi connectivity index (χ3n) is 18.7. The van der Waals surface area contributed by atoms with Crippen LogP contribution in [0.2, 0.25) is 0 Å². The van der Waals surface area contributed by atoms with Crippen molar-refractivity contribution in [2.24, 2.45) is 0 Å². The largest absolute Gasteiger partial charge is 0.311 e. The van der Waals surface area contributed by atoms with Gasteiger partial charge in [-0.3, -0.25) is 0 Å². The SMILES string of the molecule is [2H]c1c([2H])c([2H])c(-c2ccc3sc4c(c3c2)N(c2ccc(C(C)(C)C)cc2)c2cc([Si](c3ccccc3)(c3ccccc3)c3ccccc3)cc3c2B4c2ccc(N(c4ccc(C(C)(C)C)cc4)c4ccc(C(C)(C)C)cc4)cc2N3c2ccc(C(C)(C)C)cc2)c([2H])c1[2H]. The van der Waals surface area contributed by atoms with Gasteiger partial charge in [0.1, 0.15) is 0 Å². The van der Waals surface area contributed by atoms with Crippen LogP contribution in [0.1, 0.15) is 112 Å². The average molecular weight is 1210 g/mol. The van der Waals surface area contributed by atoms with E-state index >= 15 is 0 Å². The molecule has 0 saturated carbocycles. The van der Waals surface area contributed by atoms with Crippen molar-refractivity contribution in [2.45, 2.75) is 105 Å². The van der Waals surface area contributed by atoms with Crippen LogP contribution in [0.25, 0.3) is 21.2 Å². The molecule has 0 aliphatic carbocycles. The highest BCUT2D eigenvalue weighted by Crippen LogP contribution is 2.50. The van der Waals surface area contributed by atoms with Crippen LogP contribution in [0.5, 0.6) is 0 Å². The minimum Gasteiger partial charge on any atom is -0.311 e. The Morgan fingerprint density at radius 2 is 0.811 bits per heavy atom. The van der Waals surface area contributed by atoms with Crippen LogP contribution in [0.4, 0.5) is 51.2 Å². The summed E-state index contributed by atoms with van der Waals surface area (Å²) >= 11 is 1.78. The summed E-state index contributed by atoms with van der Waals surface area (Å²) in [6, 6.07) is 87.1. The fraction of sp³-hybridized carbons (Fsp3) is 0.190. The normalized spacial score (nSPS) is 14.0. The van der Waals surface area contributed by atoms with Gasteiger partial charge < -0.3 is 14.7 Å². The third kappa shape index (κ3) is 10.2. The lowest BCUT2D eigenvalue weighted by atomic mass is 9.36. The van der Waals surface area contributed by atoms with Gasteiger partial charge in [-0.2, -0.15) is 0 Å². The molecule has 0 saturated heterocycles. The van der Waals surface area contributed by atoms with Crippen molar-refractivity contribution in [2.75, 3.05) is 14.7 Å². The van der Waals surface area contributed by atoms with Gasteiger partial charge in [0.15, 0.2) is 8.07 Å². The van der Waals surface area contributed by atoms with Gasteiger partial charge in [-0.25, -0.2) is 0 Å². The fourth-order valence-electron chi connectivity index (χ4n) is 13.9. The lowest BCUT2D eigenvalue weighted by Crippen LogP contribution is -2.75. The number of rotatable bonds is 10. The Kier molecular flexibility index (Phi) is 13.1. The number of thiophene rings is 1. The number of fused-ring (bicyclic) bond motifs is 6. The van der Waals surface area contributed by atoms with Gasteiger partial charge in [0.05, 0.1) is 12.5 Å². The molecule has 0 unspecified atom stereocenters. The number of hydrogen-bond acceptors (Lipinski definition) is 4. The molecule has 2 aliphatic heterocycles. The van der Waals surface area contributed by atoms with Crippen molar-refractivity contribution in [3.8, 4) is 11.1 Å². The Balaban J connectivity index is 1.15. The second-order valence-electron chi connectivity index (χ2n) is 28.7. The van der Waals surface area contributed by atoms with Crippen molar-refractivity contribution >= 4 is 124 Å². The topological polar surface area (TPSA) is 9.72 Å². The number of hydrogen-bond donors (Lipinski definition) is 0. The molecule has 3 heterocycles. The van der Waals surface area contributed by atoms with Gasteiger partial charge in [-0.15, -0.1) is 11.3 Å². The van der Waals surface area contributed by atoms with Crippen LogP contribution in [-0.2, 0) is 21.7 Å². The van der Waals surface area contributed by atoms with Crippen molar-refractivity contribution < 1.29 is 6.85 Å². The van der Waals surface area contributed by atoms with Gasteiger partial charge in [0.25, 0.3) is 6.71 Å². The molecule has 14 rings (SSSR count). The smallest absolute Gasteiger partial charge is 0.264 e. The summed E-state index contributed by atoms with van der Waals surface area (Å²) in [6.07, 6.45) is 0. The molecule has 3 nitrogen and oxygen atoms in total. The standard InChI is InChI=1S/C84H80BN3SSi/c1-81(2,3)59-34-42-63(43-35-59)86(64-44-36-60(37-45-64)82(4,5)6)67-50-51-73-74(54-67)87(65-46-38-61(39-47-65)83(7,8)9)75-55-71(90(68-27-19-14-20-28-68,69-29-21-15-22-30-69)70-31-23-16-24-32-70)56-76-78(75)85(73)80-79(88(76)66-48-40-62(41-49-66)84(10,11)12)72-53-58(33-52-77(72)89-80)57-25-17-13-18-26-57/h13-56H,1-12H3/i13D,17D,18D,25D,26D. The summed E-state index contributed by atoms with van der Waals surface area (Å²) in [6.45, 7) is 27.0. The minimum atomic E-state index is -3.34. The van der Waals surface area contributed by atoms with Gasteiger partial charge >= 0.3 is 0 Å². The highest BCUT2D eigenvalue weighted by atomic mass is 32.1. The minimum absolute atomic E-state index is 0.0436. The lowest BCUT2D eigenvalue weighted by Gasteiger charge is -2.45. The first-order chi connectivity index (χ1) is 45.2. The molecule has 0 atom stereocenters. The quantitative estimate of drug-likeness (QED) is 0.0998. The molecule has 0 amide bonds. The maximum Gasteiger partial charge on any atom is 0.264 e. The van der Waals surface area contributed by atoms with Gasteiger partial charge in [-0.1, -0.05) is 265 Å². The van der Waals surface area contributed by atoms with Crippen molar-refractivity contribution in [1.29, 1.82) is 0 Å². The molecule has 444 valence electrons. The number of benzene rings is 11. The molecule has 0 spiro atoms. The van der Waals surface area contributed by atoms with Crippen LogP contribution in [0.15, 0.2) is 267 Å². The van der Waals surface area contributed by atoms with Crippen LogP contribution in [0, 0.1) is 0 Å². The van der Waals surface area contributed by atoms with E-state index in [9.17, 15) is 2.74 Å². The third-order valence-corrected chi connectivity index (χ3v) is 24.7. The molecule has 0 bridgehead atoms. The maximum atomic E-state index is 9.31. The summed E-state index contributed by atoms with van der Waals surface area (Å²) in [7, 11) is -3.34. The van der Waals surface area contributed by atoms with E-state index < -0.39 is 14.1 Å². The van der Waals surface area contributed by atoms with Crippen molar-refractivity contribution in [3.63, 3.8) is 0 Å². The van der Waals surface area contributed by atoms with E-state index in [1.807, 2.05) is 6.07 Å². The van der Waals surface area contributed by atoms with Crippen LogP contribution >= 0.6 is 11.3 Å². The zero-order valence-corrected chi connectivity index (χ0v) is 55.7. The highest BCUT2D eigenvalue weighted by Gasteiger charge is 2.49. The first-order valence-electron chi connectivity index (χ1n) is 34.2. The summed E-state index contributed by atoms with van der Waals surface area (Å²) in [5.41, 5.74) is 17.1. The van der Waals surface area contributed by atoms with Crippen molar-refractivity contribution in [1.82, 2.24) is 0 Å². The molecule has 0 radical (unpaired) electrons. The predicted octanol–water partition coefficient (Wildman–Crippen LogP) is 18.7. The molecule has 2 aliphatic rings. The second-order valence-corrected chi connectivity index (χ2v) is 33.6. The molecule has 0 fully saturated rings. The van der Waals surface area contributed by atoms with Gasteiger partial charge in [0, 0.05) is 60.4 Å². The van der Waals surface area contributed by atoms with E-state index in [-0.39, 0.29) is 58.1 Å². The van der Waals surface area contributed by atoms with Crippen molar-refractivity contribution in [3.05, 3.63) is 289 Å². The van der Waals surface area contributed by atoms with E-state index in [0.717, 1.165) is 71.5 Å². The molecular weight excluding hydrogens is 1120 g/mol. The van der Waals surface area contributed by atoms with E-state index in [1.54, 1.807) is 11.3 Å². The van der Waals surface area contributed by atoms with E-state index in [4.69, 9.17) is 4.11 Å². The zero-order chi connectivity index (χ0) is 66.8. The Hall–Kier alpha value is -8.94. The molecule has 11 aromatic carbocycles. The molecule has 90 heavy (non-hydrogen) atoms. The Morgan fingerprint density at radius 1 is 0.389 bits per heavy atom. The molecule has 12 aromatic rings. The Labute approximate surface area is 547 Å². The molecule has 1 aromatic heterocycles. The van der Waals surface area contributed by atoms with Crippen LogP contribution < -0.4 is 51.1 Å². The van der Waals surface area contributed by atoms with Crippen LogP contribution in [-0.4, -0.2) is 14.8 Å². The summed E-state index contributed by atoms with van der Waals surface area (Å²) in [4.78, 5) is 7.50. The fourth-order valence-corrected chi connectivity index (χ4v) is 20.0. The Bertz CT molecular complexity index is 4730. The molecular formula is C84H80BN3SSi. The summed E-state index contributed by atoms with van der Waals surface area (Å²) < 4.78 is 47.1. The average Bonchev–Trinajstić information content (AvgIpc) is 1.64. The van der Waals surface area contributed by atoms with Gasteiger partial charge in [-0.05, 0) is 172 Å². The lowest BCUT2D eigenvalue weighted by molar-refractivity contribution is 0.590. The van der Waals surface area contributed by atoms with Gasteiger partial charge in [0.2, 0.25) is 0 Å². The summed E-state index contributed by atoms with van der Waals surface area (Å²) in [5, 5.41) is 5.92. The first-order valence-corrected chi connectivity index (χ1v) is 34.5. The van der Waals surface area contributed by atoms with Crippen LogP contribution in [0.3, 0.4) is 0 Å². The monoisotopic (exact) mass is 1210 g/mol. The predicted molar refractivity (Wildman–Crippen MR) is 394 cm³/mol. The molecule has 6 heteroatoms. The number of anilines is 9. The second kappa shape index (κ2) is 22.2. The van der Waals surface area contributed by atoms with E-state index in [0.29, 0.717) is 5.56 Å². The molecule has 0 N–H and O–H groups in total. The van der Waals surface area contributed by atoms with E-state index in [2.05, 4.69) is 328 Å². The number of nitrogens with zero attached hydrogens (tertiary/aromatic N) is 3. The first kappa shape index (κ1) is 52.9.